The van der Waals surface area contributed by atoms with E-state index in [0.717, 1.165) is 41.8 Å². The number of rotatable bonds is 3. The summed E-state index contributed by atoms with van der Waals surface area (Å²) in [6.45, 7) is 0. The first-order chi connectivity index (χ1) is 11.6. The van der Waals surface area contributed by atoms with Crippen molar-refractivity contribution in [3.05, 3.63) is 53.1 Å². The van der Waals surface area contributed by atoms with Gasteiger partial charge in [-0.2, -0.15) is 0 Å². The van der Waals surface area contributed by atoms with Crippen LogP contribution in [0.15, 0.2) is 46.4 Å². The second kappa shape index (κ2) is 6.76. The van der Waals surface area contributed by atoms with E-state index in [9.17, 15) is 0 Å². The fraction of sp³-hybridized carbons (Fsp3) is 0.263. The zero-order chi connectivity index (χ0) is 16.7. The first-order valence-corrected chi connectivity index (χ1v) is 8.29. The molecule has 1 saturated carbocycles. The summed E-state index contributed by atoms with van der Waals surface area (Å²) in [6.07, 6.45) is 4.33. The van der Waals surface area contributed by atoms with Crippen LogP contribution in [0.2, 0.25) is 0 Å². The van der Waals surface area contributed by atoms with Crippen LogP contribution < -0.4 is 17.2 Å². The van der Waals surface area contributed by atoms with E-state index >= 15 is 0 Å². The van der Waals surface area contributed by atoms with E-state index in [-0.39, 0.29) is 12.4 Å². The molecule has 0 amide bonds. The summed E-state index contributed by atoms with van der Waals surface area (Å²) >= 11 is 0. The normalized spacial score (nSPS) is 16.6. The number of nitrogen functional groups attached to an aromatic ring is 2. The van der Waals surface area contributed by atoms with E-state index in [1.54, 1.807) is 0 Å². The van der Waals surface area contributed by atoms with Gasteiger partial charge < -0.3 is 17.2 Å². The van der Waals surface area contributed by atoms with Crippen LogP contribution in [0.5, 0.6) is 0 Å². The fourth-order valence-electron chi connectivity index (χ4n) is 3.07. The quantitative estimate of drug-likeness (QED) is 0.447. The van der Waals surface area contributed by atoms with E-state index in [4.69, 9.17) is 22.2 Å². The molecule has 5 nitrogen and oxygen atoms in total. The van der Waals surface area contributed by atoms with Crippen molar-refractivity contribution < 1.29 is 0 Å². The molecular weight excluding hydrogens is 334 g/mol. The average molecular weight is 356 g/mol. The van der Waals surface area contributed by atoms with E-state index < -0.39 is 0 Å². The first-order valence-electron chi connectivity index (χ1n) is 8.29. The Morgan fingerprint density at radius 3 is 2.52 bits per heavy atom. The number of aliphatic imine (C=N–C) groups is 2. The van der Waals surface area contributed by atoms with Gasteiger partial charge in [-0.25, -0.2) is 0 Å². The molecule has 6 heteroatoms. The third kappa shape index (κ3) is 3.33. The standard InChI is InChI=1S/C19H21N5.ClH/c20-15-6-4-11(9-16(15)21)18-10-13-8-12(5-7-17(13)24-18)19(22)23-14-2-1-3-14;/h4-9,14H,1-3,10,20-21H2,(H2,22,23);1H. The Bertz CT molecular complexity index is 868. The zero-order valence-electron chi connectivity index (χ0n) is 13.9. The summed E-state index contributed by atoms with van der Waals surface area (Å²) in [5.41, 5.74) is 24.2. The van der Waals surface area contributed by atoms with Gasteiger partial charge in [0.15, 0.2) is 0 Å². The fourth-order valence-corrected chi connectivity index (χ4v) is 3.07. The van der Waals surface area contributed by atoms with Gasteiger partial charge in [0, 0.05) is 12.0 Å². The smallest absolute Gasteiger partial charge is 0.125 e. The summed E-state index contributed by atoms with van der Waals surface area (Å²) in [7, 11) is 0. The summed E-state index contributed by atoms with van der Waals surface area (Å²) in [4.78, 5) is 9.32. The SMILES string of the molecule is Cl.NC(=NC1CCC1)c1ccc2c(c1)CC(c1ccc(N)c(N)c1)=N2. The Kier molecular flexibility index (Phi) is 4.68. The second-order valence-electron chi connectivity index (χ2n) is 6.52. The van der Waals surface area contributed by atoms with Crippen LogP contribution in [0, 0.1) is 0 Å². The van der Waals surface area contributed by atoms with E-state index in [1.165, 1.54) is 12.0 Å². The molecule has 0 aromatic heterocycles. The summed E-state index contributed by atoms with van der Waals surface area (Å²) in [5, 5.41) is 0. The molecule has 2 aromatic rings. The number of fused-ring (bicyclic) bond motifs is 1. The lowest BCUT2D eigenvalue weighted by molar-refractivity contribution is 0.420. The lowest BCUT2D eigenvalue weighted by Gasteiger charge is -2.21. The molecule has 4 rings (SSSR count). The van der Waals surface area contributed by atoms with Crippen LogP contribution in [0.1, 0.15) is 36.0 Å². The Labute approximate surface area is 153 Å². The Hall–Kier alpha value is -2.53. The highest BCUT2D eigenvalue weighted by Gasteiger charge is 2.19. The molecule has 0 radical (unpaired) electrons. The molecule has 0 unspecified atom stereocenters. The molecule has 130 valence electrons. The molecule has 0 saturated heterocycles. The third-order valence-corrected chi connectivity index (χ3v) is 4.80. The number of anilines is 2. The van der Waals surface area contributed by atoms with Crippen LogP contribution >= 0.6 is 12.4 Å². The molecule has 25 heavy (non-hydrogen) atoms. The van der Waals surface area contributed by atoms with Crippen LogP contribution in [-0.4, -0.2) is 17.6 Å². The van der Waals surface area contributed by atoms with Gasteiger partial charge in [-0.15, -0.1) is 12.4 Å². The number of amidine groups is 1. The van der Waals surface area contributed by atoms with Gasteiger partial charge in [0.25, 0.3) is 0 Å². The Morgan fingerprint density at radius 2 is 1.84 bits per heavy atom. The van der Waals surface area contributed by atoms with Crippen LogP contribution in [0.3, 0.4) is 0 Å². The third-order valence-electron chi connectivity index (χ3n) is 4.80. The highest BCUT2D eigenvalue weighted by molar-refractivity contribution is 6.08. The maximum Gasteiger partial charge on any atom is 0.125 e. The topological polar surface area (TPSA) is 103 Å². The lowest BCUT2D eigenvalue weighted by atomic mass is 9.93. The van der Waals surface area contributed by atoms with E-state index in [1.807, 2.05) is 30.3 Å². The van der Waals surface area contributed by atoms with Gasteiger partial charge in [0.1, 0.15) is 5.84 Å². The van der Waals surface area contributed by atoms with Gasteiger partial charge >= 0.3 is 0 Å². The molecule has 1 aliphatic heterocycles. The van der Waals surface area contributed by atoms with E-state index in [0.29, 0.717) is 23.3 Å². The highest BCUT2D eigenvalue weighted by atomic mass is 35.5. The number of benzene rings is 2. The van der Waals surface area contributed by atoms with Crippen LogP contribution in [-0.2, 0) is 6.42 Å². The maximum atomic E-state index is 6.16. The number of nitrogens with two attached hydrogens (primary N) is 3. The molecule has 2 aromatic carbocycles. The predicted octanol–water partition coefficient (Wildman–Crippen LogP) is 3.21. The highest BCUT2D eigenvalue weighted by Crippen LogP contribution is 2.31. The molecule has 0 spiro atoms. The second-order valence-corrected chi connectivity index (χ2v) is 6.52. The van der Waals surface area contributed by atoms with Gasteiger partial charge in [0.2, 0.25) is 0 Å². The number of hydrogen-bond donors (Lipinski definition) is 3. The number of nitrogens with zero attached hydrogens (tertiary/aromatic N) is 2. The van der Waals surface area contributed by atoms with Crippen LogP contribution in [0.4, 0.5) is 17.1 Å². The predicted molar refractivity (Wildman–Crippen MR) is 107 cm³/mol. The van der Waals surface area contributed by atoms with Gasteiger partial charge in [-0.05, 0) is 60.7 Å². The molecule has 1 aliphatic carbocycles. The Morgan fingerprint density at radius 1 is 1.04 bits per heavy atom. The summed E-state index contributed by atoms with van der Waals surface area (Å²) in [6, 6.07) is 12.2. The minimum Gasteiger partial charge on any atom is -0.397 e. The Balaban J connectivity index is 0.00000182. The van der Waals surface area contributed by atoms with Crippen molar-refractivity contribution in [3.8, 4) is 0 Å². The molecular formula is C19H22ClN5. The van der Waals surface area contributed by atoms with Crippen molar-refractivity contribution >= 4 is 41.0 Å². The molecule has 0 bridgehead atoms. The van der Waals surface area contributed by atoms with Gasteiger partial charge in [-0.3, -0.25) is 9.98 Å². The van der Waals surface area contributed by atoms with Crippen molar-refractivity contribution in [2.24, 2.45) is 15.7 Å². The first kappa shape index (κ1) is 17.3. The molecule has 2 aliphatic rings. The monoisotopic (exact) mass is 355 g/mol. The molecule has 6 N–H and O–H groups in total. The minimum absolute atomic E-state index is 0. The van der Waals surface area contributed by atoms with Crippen molar-refractivity contribution in [1.82, 2.24) is 0 Å². The lowest BCUT2D eigenvalue weighted by Crippen LogP contribution is -2.22. The van der Waals surface area contributed by atoms with Crippen molar-refractivity contribution in [2.45, 2.75) is 31.7 Å². The van der Waals surface area contributed by atoms with Crippen molar-refractivity contribution in [1.29, 1.82) is 0 Å². The zero-order valence-corrected chi connectivity index (χ0v) is 14.7. The molecule has 1 heterocycles. The van der Waals surface area contributed by atoms with Crippen molar-refractivity contribution in [3.63, 3.8) is 0 Å². The summed E-state index contributed by atoms with van der Waals surface area (Å²) in [5.74, 6) is 0.632. The minimum atomic E-state index is 0. The number of halogens is 1. The van der Waals surface area contributed by atoms with E-state index in [2.05, 4.69) is 11.1 Å². The molecule has 0 atom stereocenters. The summed E-state index contributed by atoms with van der Waals surface area (Å²) < 4.78 is 0. The van der Waals surface area contributed by atoms with Gasteiger partial charge in [0.05, 0.1) is 28.8 Å². The maximum absolute atomic E-state index is 6.16. The largest absolute Gasteiger partial charge is 0.397 e. The van der Waals surface area contributed by atoms with Gasteiger partial charge in [-0.1, -0.05) is 6.07 Å². The van der Waals surface area contributed by atoms with Crippen LogP contribution in [0.25, 0.3) is 0 Å². The number of hydrogen-bond acceptors (Lipinski definition) is 4. The molecule has 1 fully saturated rings. The average Bonchev–Trinajstić information content (AvgIpc) is 2.96. The van der Waals surface area contributed by atoms with Crippen molar-refractivity contribution in [2.75, 3.05) is 11.5 Å².